The summed E-state index contributed by atoms with van der Waals surface area (Å²) in [5.74, 6) is 0. The number of ether oxygens (including phenoxy) is 2. The second-order valence-corrected chi connectivity index (χ2v) is 7.08. The van der Waals surface area contributed by atoms with E-state index in [1.165, 1.54) is 0 Å². The van der Waals surface area contributed by atoms with Gasteiger partial charge in [-0.15, -0.1) is 9.29 Å². The van der Waals surface area contributed by atoms with E-state index in [2.05, 4.69) is 41.5 Å². The Hall–Kier alpha value is -0.200. The van der Waals surface area contributed by atoms with Crippen LogP contribution >= 0.6 is 0 Å². The lowest BCUT2D eigenvalue weighted by molar-refractivity contribution is -1.35. The molecule has 0 aromatic rings. The third-order valence-corrected chi connectivity index (χ3v) is 4.79. The molecule has 2 aliphatic heterocycles. The molecular formula is C16H34N2O3+2. The second kappa shape index (κ2) is 6.50. The van der Waals surface area contributed by atoms with Crippen LogP contribution in [0.3, 0.4) is 0 Å². The van der Waals surface area contributed by atoms with Gasteiger partial charge in [-0.05, 0) is 46.5 Å². The summed E-state index contributed by atoms with van der Waals surface area (Å²) in [6.45, 7) is 18.8. The molecule has 5 nitrogen and oxygen atoms in total. The van der Waals surface area contributed by atoms with Gasteiger partial charge < -0.3 is 9.47 Å². The number of hydrogen-bond donors (Lipinski definition) is 0. The van der Waals surface area contributed by atoms with Crippen molar-refractivity contribution in [2.24, 2.45) is 0 Å². The summed E-state index contributed by atoms with van der Waals surface area (Å²) in [6, 6.07) is 0. The molecule has 0 bridgehead atoms. The first-order valence-corrected chi connectivity index (χ1v) is 8.56. The fourth-order valence-corrected chi connectivity index (χ4v) is 4.12. The van der Waals surface area contributed by atoms with E-state index in [1.807, 2.05) is 0 Å². The number of quaternary nitrogens is 2. The van der Waals surface area contributed by atoms with Gasteiger partial charge in [0, 0.05) is 0 Å². The largest absolute Gasteiger partial charge is 0.364 e. The van der Waals surface area contributed by atoms with Crippen LogP contribution in [0.25, 0.3) is 0 Å². The van der Waals surface area contributed by atoms with Gasteiger partial charge in [-0.1, -0.05) is 0 Å². The van der Waals surface area contributed by atoms with Crippen LogP contribution in [0.4, 0.5) is 0 Å². The van der Waals surface area contributed by atoms with E-state index in [4.69, 9.17) is 14.4 Å². The summed E-state index contributed by atoms with van der Waals surface area (Å²) < 4.78 is 13.2. The summed E-state index contributed by atoms with van der Waals surface area (Å²) in [5, 5.41) is 0. The van der Waals surface area contributed by atoms with Gasteiger partial charge in [-0.25, -0.2) is 0 Å². The van der Waals surface area contributed by atoms with Gasteiger partial charge in [0.2, 0.25) is 0 Å². The monoisotopic (exact) mass is 302 g/mol. The first-order valence-electron chi connectivity index (χ1n) is 8.56. The highest BCUT2D eigenvalue weighted by Gasteiger charge is 2.49. The minimum atomic E-state index is 0.251. The predicted octanol–water partition coefficient (Wildman–Crippen LogP) is 2.12. The number of rotatable bonds is 4. The molecule has 21 heavy (non-hydrogen) atoms. The molecule has 2 saturated heterocycles. The Labute approximate surface area is 129 Å². The molecule has 0 saturated carbocycles. The van der Waals surface area contributed by atoms with E-state index in [-0.39, 0.29) is 24.4 Å². The SMILES string of the molecule is CC[N+]1(O[N+]2(CC)CC(C)OC(C)C2)CC(C)OC(C)C1. The molecule has 0 aliphatic carbocycles. The van der Waals surface area contributed by atoms with Crippen molar-refractivity contribution >= 4 is 0 Å². The van der Waals surface area contributed by atoms with Crippen LogP contribution in [0.15, 0.2) is 0 Å². The smallest absolute Gasteiger partial charge is 0.140 e. The number of likely N-dealkylation sites (N-methyl/N-ethyl adjacent to an activating group) is 2. The summed E-state index contributed by atoms with van der Waals surface area (Å²) in [7, 11) is 0. The highest BCUT2D eigenvalue weighted by atomic mass is 16.9. The summed E-state index contributed by atoms with van der Waals surface area (Å²) in [4.78, 5) is 6.80. The van der Waals surface area contributed by atoms with Crippen molar-refractivity contribution in [2.45, 2.75) is 66.0 Å². The normalized spacial score (nSPS) is 48.3. The Bertz CT molecular complexity index is 298. The van der Waals surface area contributed by atoms with Crippen LogP contribution in [0.5, 0.6) is 0 Å². The lowest BCUT2D eigenvalue weighted by Gasteiger charge is -2.48. The number of nitrogens with zero attached hydrogens (tertiary/aromatic N) is 2. The van der Waals surface area contributed by atoms with Crippen molar-refractivity contribution in [2.75, 3.05) is 39.3 Å². The zero-order chi connectivity index (χ0) is 15.7. The number of morpholine rings is 2. The molecule has 0 aromatic carbocycles. The fraction of sp³-hybridized carbons (Fsp3) is 1.00. The van der Waals surface area contributed by atoms with Gasteiger partial charge in [0.25, 0.3) is 0 Å². The number of hydrogen-bond acceptors (Lipinski definition) is 3. The fourth-order valence-electron chi connectivity index (χ4n) is 4.12. The van der Waals surface area contributed by atoms with Gasteiger partial charge in [-0.3, -0.25) is 0 Å². The molecule has 2 fully saturated rings. The van der Waals surface area contributed by atoms with Crippen molar-refractivity contribution in [1.82, 2.24) is 0 Å². The molecule has 0 N–H and O–H groups in total. The standard InChI is InChI=1S/C16H34N2O3/c1-7-17(9-13(3)19-14(4)10-17)21-18(8-2)11-15(5)20-16(6)12-18/h13-16H,7-12H2,1-6H3/q+2. The van der Waals surface area contributed by atoms with Crippen molar-refractivity contribution in [3.05, 3.63) is 0 Å². The van der Waals surface area contributed by atoms with Crippen molar-refractivity contribution < 1.29 is 23.7 Å². The molecule has 4 unspecified atom stereocenters. The van der Waals surface area contributed by atoms with Gasteiger partial charge in [0.05, 0.1) is 0 Å². The highest BCUT2D eigenvalue weighted by Crippen LogP contribution is 2.28. The Kier molecular flexibility index (Phi) is 5.31. The van der Waals surface area contributed by atoms with E-state index in [1.54, 1.807) is 0 Å². The Morgan fingerprint density at radius 2 is 1.00 bits per heavy atom. The van der Waals surface area contributed by atoms with Crippen LogP contribution in [0, 0.1) is 0 Å². The molecule has 2 heterocycles. The van der Waals surface area contributed by atoms with E-state index in [0.717, 1.165) is 39.3 Å². The van der Waals surface area contributed by atoms with Crippen LogP contribution in [-0.2, 0) is 14.4 Å². The van der Waals surface area contributed by atoms with Gasteiger partial charge in [-0.2, -0.15) is 0 Å². The molecule has 0 spiro atoms. The zero-order valence-electron chi connectivity index (χ0n) is 14.7. The zero-order valence-corrected chi connectivity index (χ0v) is 14.7. The molecule has 2 rings (SSSR count). The second-order valence-electron chi connectivity index (χ2n) is 7.08. The molecule has 124 valence electrons. The van der Waals surface area contributed by atoms with Crippen LogP contribution in [0.2, 0.25) is 0 Å². The maximum atomic E-state index is 6.80. The average Bonchev–Trinajstić information content (AvgIpc) is 2.36. The maximum Gasteiger partial charge on any atom is 0.140 e. The third kappa shape index (κ3) is 3.96. The Morgan fingerprint density at radius 3 is 1.24 bits per heavy atom. The maximum absolute atomic E-state index is 6.80. The molecule has 0 radical (unpaired) electrons. The van der Waals surface area contributed by atoms with E-state index in [9.17, 15) is 0 Å². The predicted molar refractivity (Wildman–Crippen MR) is 82.2 cm³/mol. The third-order valence-electron chi connectivity index (χ3n) is 4.79. The van der Waals surface area contributed by atoms with Crippen LogP contribution < -0.4 is 0 Å². The molecular weight excluding hydrogens is 268 g/mol. The topological polar surface area (TPSA) is 27.7 Å². The lowest BCUT2D eigenvalue weighted by atomic mass is 10.2. The average molecular weight is 302 g/mol. The van der Waals surface area contributed by atoms with Gasteiger partial charge in [0.1, 0.15) is 63.7 Å². The molecule has 2 aliphatic rings. The quantitative estimate of drug-likeness (QED) is 0.745. The van der Waals surface area contributed by atoms with Crippen LogP contribution in [-0.4, -0.2) is 73.0 Å². The molecule has 0 amide bonds. The van der Waals surface area contributed by atoms with Crippen molar-refractivity contribution in [3.8, 4) is 0 Å². The summed E-state index contributed by atoms with van der Waals surface area (Å²) >= 11 is 0. The van der Waals surface area contributed by atoms with E-state index in [0.29, 0.717) is 9.29 Å². The molecule has 0 aromatic heterocycles. The van der Waals surface area contributed by atoms with Crippen molar-refractivity contribution in [1.29, 1.82) is 0 Å². The minimum Gasteiger partial charge on any atom is -0.364 e. The lowest BCUT2D eigenvalue weighted by Crippen LogP contribution is -2.70. The first-order chi connectivity index (χ1) is 9.82. The first kappa shape index (κ1) is 17.2. The molecule has 4 atom stereocenters. The van der Waals surface area contributed by atoms with Crippen molar-refractivity contribution in [3.63, 3.8) is 0 Å². The molecule has 5 heteroatoms. The van der Waals surface area contributed by atoms with E-state index < -0.39 is 0 Å². The minimum absolute atomic E-state index is 0.251. The van der Waals surface area contributed by atoms with E-state index >= 15 is 0 Å². The van der Waals surface area contributed by atoms with Crippen LogP contribution in [0.1, 0.15) is 41.5 Å². The number of hydroxylamine groups is 6. The van der Waals surface area contributed by atoms with Gasteiger partial charge in [0.15, 0.2) is 0 Å². The van der Waals surface area contributed by atoms with Gasteiger partial charge >= 0.3 is 0 Å². The summed E-state index contributed by atoms with van der Waals surface area (Å²) in [6.07, 6.45) is 1.01. The highest BCUT2D eigenvalue weighted by molar-refractivity contribution is 4.62. The Morgan fingerprint density at radius 1 is 0.714 bits per heavy atom. The Balaban J connectivity index is 2.18. The summed E-state index contributed by atoms with van der Waals surface area (Å²) in [5.41, 5.74) is 0.